The summed E-state index contributed by atoms with van der Waals surface area (Å²) in [6.45, 7) is -0.0189. The molecular formula is C13H19BClF2N5O2. The molecule has 0 bridgehead atoms. The fourth-order valence-corrected chi connectivity index (χ4v) is 2.24. The van der Waals surface area contributed by atoms with Crippen molar-refractivity contribution in [3.63, 3.8) is 0 Å². The van der Waals surface area contributed by atoms with Crippen LogP contribution in [0.25, 0.3) is 0 Å². The number of tetrazole rings is 1. The van der Waals surface area contributed by atoms with Crippen molar-refractivity contribution < 1.29 is 18.8 Å². The largest absolute Gasteiger partial charge is 0.451 e. The number of rotatable bonds is 8. The highest BCUT2D eigenvalue weighted by Gasteiger charge is 2.17. The molecular weight excluding hydrogens is 342 g/mol. The molecule has 0 radical (unpaired) electrons. The van der Waals surface area contributed by atoms with Crippen molar-refractivity contribution in [3.8, 4) is 0 Å². The van der Waals surface area contributed by atoms with Crippen molar-refractivity contribution in [2.45, 2.75) is 38.2 Å². The minimum absolute atomic E-state index is 0. The Kier molecular flexibility index (Phi) is 8.19. The number of nitrogens with zero attached hydrogens (tertiary/aromatic N) is 4. The lowest BCUT2D eigenvalue weighted by Crippen LogP contribution is -2.19. The van der Waals surface area contributed by atoms with Crippen LogP contribution < -0.4 is 5.73 Å². The summed E-state index contributed by atoms with van der Waals surface area (Å²) >= 11 is 0. The van der Waals surface area contributed by atoms with Gasteiger partial charge in [0.1, 0.15) is 11.6 Å². The first-order chi connectivity index (χ1) is 11.0. The maximum Gasteiger partial charge on any atom is 0.451 e. The van der Waals surface area contributed by atoms with Crippen LogP contribution in [-0.4, -0.2) is 37.4 Å². The second-order valence-corrected chi connectivity index (χ2v) is 5.30. The van der Waals surface area contributed by atoms with Gasteiger partial charge in [0.05, 0.1) is 12.6 Å². The standard InChI is InChI=1S/C13H18BF2N5O2.ClH/c15-10-4-5-11(16)9(7-10)8-21-13(18-19-20-21)12(17)3-1-2-6-14(22)23;/h4-5,7,12,22-23H,1-3,6,8,17H2;1H. The van der Waals surface area contributed by atoms with Crippen LogP contribution in [0.15, 0.2) is 18.2 Å². The summed E-state index contributed by atoms with van der Waals surface area (Å²) < 4.78 is 28.2. The topological polar surface area (TPSA) is 110 Å². The molecule has 2 rings (SSSR count). The van der Waals surface area contributed by atoms with E-state index in [1.807, 2.05) is 0 Å². The number of unbranched alkanes of at least 4 members (excludes halogenated alkanes) is 1. The Hall–Kier alpha value is -1.62. The Labute approximate surface area is 144 Å². The predicted molar refractivity (Wildman–Crippen MR) is 86.3 cm³/mol. The molecule has 11 heteroatoms. The summed E-state index contributed by atoms with van der Waals surface area (Å²) in [6, 6.07) is 2.71. The molecule has 0 saturated heterocycles. The van der Waals surface area contributed by atoms with Gasteiger partial charge in [-0.3, -0.25) is 0 Å². The van der Waals surface area contributed by atoms with Crippen LogP contribution in [-0.2, 0) is 6.54 Å². The van der Waals surface area contributed by atoms with E-state index >= 15 is 0 Å². The lowest BCUT2D eigenvalue weighted by Gasteiger charge is -2.12. The first-order valence-corrected chi connectivity index (χ1v) is 7.29. The van der Waals surface area contributed by atoms with Crippen molar-refractivity contribution >= 4 is 19.5 Å². The van der Waals surface area contributed by atoms with E-state index in [0.29, 0.717) is 25.1 Å². The lowest BCUT2D eigenvalue weighted by atomic mass is 9.83. The van der Waals surface area contributed by atoms with Crippen LogP contribution in [0.5, 0.6) is 0 Å². The highest BCUT2D eigenvalue weighted by atomic mass is 35.5. The Morgan fingerprint density at radius 1 is 1.25 bits per heavy atom. The highest BCUT2D eigenvalue weighted by molar-refractivity contribution is 6.40. The molecule has 2 aromatic rings. The zero-order valence-corrected chi connectivity index (χ0v) is 13.7. The minimum atomic E-state index is -1.33. The average Bonchev–Trinajstić information content (AvgIpc) is 2.95. The molecule has 1 aromatic carbocycles. The quantitative estimate of drug-likeness (QED) is 0.479. The van der Waals surface area contributed by atoms with E-state index in [-0.39, 0.29) is 30.8 Å². The van der Waals surface area contributed by atoms with Crippen molar-refractivity contribution in [3.05, 3.63) is 41.2 Å². The van der Waals surface area contributed by atoms with Crippen molar-refractivity contribution in [2.24, 2.45) is 5.73 Å². The van der Waals surface area contributed by atoms with Crippen LogP contribution in [0.3, 0.4) is 0 Å². The molecule has 0 spiro atoms. The number of benzene rings is 1. The minimum Gasteiger partial charge on any atom is -0.427 e. The summed E-state index contributed by atoms with van der Waals surface area (Å²) in [5.41, 5.74) is 6.16. The molecule has 0 amide bonds. The van der Waals surface area contributed by atoms with E-state index in [4.69, 9.17) is 15.8 Å². The first-order valence-electron chi connectivity index (χ1n) is 7.29. The molecule has 0 aliphatic rings. The molecule has 132 valence electrons. The summed E-state index contributed by atoms with van der Waals surface area (Å²) in [4.78, 5) is 0. The van der Waals surface area contributed by atoms with Gasteiger partial charge in [-0.25, -0.2) is 13.5 Å². The lowest BCUT2D eigenvalue weighted by molar-refractivity contribution is 0.400. The number of hydrogen-bond donors (Lipinski definition) is 3. The molecule has 1 atom stereocenters. The Bertz CT molecular complexity index is 647. The first kappa shape index (κ1) is 20.4. The third-order valence-electron chi connectivity index (χ3n) is 3.45. The summed E-state index contributed by atoms with van der Waals surface area (Å²) in [5.74, 6) is -0.709. The SMILES string of the molecule is Cl.NC(CCCCB(O)O)c1nnnn1Cc1cc(F)ccc1F. The number of nitrogens with two attached hydrogens (primary N) is 1. The van der Waals surface area contributed by atoms with E-state index in [0.717, 1.165) is 18.2 Å². The summed E-state index contributed by atoms with van der Waals surface area (Å²) in [5, 5.41) is 28.7. The summed E-state index contributed by atoms with van der Waals surface area (Å²) in [7, 11) is -1.33. The second-order valence-electron chi connectivity index (χ2n) is 5.30. The van der Waals surface area contributed by atoms with Crippen LogP contribution in [0.1, 0.15) is 36.7 Å². The molecule has 1 unspecified atom stereocenters. The molecule has 0 fully saturated rings. The number of aromatic nitrogens is 4. The number of hydrogen-bond acceptors (Lipinski definition) is 6. The van der Waals surface area contributed by atoms with Gasteiger partial charge in [-0.1, -0.05) is 12.8 Å². The normalized spacial score (nSPS) is 11.9. The van der Waals surface area contributed by atoms with Gasteiger partial charge in [-0.05, 0) is 41.4 Å². The van der Waals surface area contributed by atoms with Gasteiger partial charge < -0.3 is 15.8 Å². The maximum atomic E-state index is 13.7. The van der Waals surface area contributed by atoms with Crippen LogP contribution >= 0.6 is 12.4 Å². The van der Waals surface area contributed by atoms with E-state index < -0.39 is 24.8 Å². The molecule has 1 aromatic heterocycles. The van der Waals surface area contributed by atoms with Gasteiger partial charge in [0.25, 0.3) is 0 Å². The van der Waals surface area contributed by atoms with Gasteiger partial charge in [0, 0.05) is 5.56 Å². The molecule has 0 saturated carbocycles. The third-order valence-corrected chi connectivity index (χ3v) is 3.45. The monoisotopic (exact) mass is 361 g/mol. The fraction of sp³-hybridized carbons (Fsp3) is 0.462. The van der Waals surface area contributed by atoms with Crippen LogP contribution in [0, 0.1) is 11.6 Å². The predicted octanol–water partition coefficient (Wildman–Crippen LogP) is 1.06. The molecule has 24 heavy (non-hydrogen) atoms. The van der Waals surface area contributed by atoms with Crippen LogP contribution in [0.2, 0.25) is 6.32 Å². The van der Waals surface area contributed by atoms with E-state index in [9.17, 15) is 8.78 Å². The smallest absolute Gasteiger partial charge is 0.427 e. The number of halogens is 3. The molecule has 4 N–H and O–H groups in total. The highest BCUT2D eigenvalue weighted by Crippen LogP contribution is 2.17. The fourth-order valence-electron chi connectivity index (χ4n) is 2.24. The molecule has 7 nitrogen and oxygen atoms in total. The van der Waals surface area contributed by atoms with Crippen LogP contribution in [0.4, 0.5) is 8.78 Å². The van der Waals surface area contributed by atoms with E-state index in [1.165, 1.54) is 4.68 Å². The molecule has 1 heterocycles. The van der Waals surface area contributed by atoms with Crippen molar-refractivity contribution in [2.75, 3.05) is 0 Å². The molecule has 0 aliphatic heterocycles. The zero-order chi connectivity index (χ0) is 16.8. The van der Waals surface area contributed by atoms with Gasteiger partial charge >= 0.3 is 7.12 Å². The van der Waals surface area contributed by atoms with Crippen molar-refractivity contribution in [1.82, 2.24) is 20.2 Å². The Morgan fingerprint density at radius 2 is 2.00 bits per heavy atom. The van der Waals surface area contributed by atoms with E-state index in [2.05, 4.69) is 15.5 Å². The molecule has 0 aliphatic carbocycles. The Balaban J connectivity index is 0.00000288. The third kappa shape index (κ3) is 5.79. The summed E-state index contributed by atoms with van der Waals surface area (Å²) in [6.07, 6.45) is 2.08. The van der Waals surface area contributed by atoms with Gasteiger partial charge in [-0.2, -0.15) is 0 Å². The second kappa shape index (κ2) is 9.63. The van der Waals surface area contributed by atoms with E-state index in [1.54, 1.807) is 0 Å². The maximum absolute atomic E-state index is 13.7. The van der Waals surface area contributed by atoms with Gasteiger partial charge in [-0.15, -0.1) is 17.5 Å². The van der Waals surface area contributed by atoms with Gasteiger partial charge in [0.2, 0.25) is 0 Å². The van der Waals surface area contributed by atoms with Crippen molar-refractivity contribution in [1.29, 1.82) is 0 Å². The average molecular weight is 362 g/mol. The Morgan fingerprint density at radius 3 is 2.71 bits per heavy atom. The zero-order valence-electron chi connectivity index (χ0n) is 12.8. The van der Waals surface area contributed by atoms with Gasteiger partial charge in [0.15, 0.2) is 5.82 Å².